The summed E-state index contributed by atoms with van der Waals surface area (Å²) in [6.45, 7) is 4.95. The third-order valence-electron chi connectivity index (χ3n) is 4.20. The average Bonchev–Trinajstić information content (AvgIpc) is 2.41. The first-order valence-corrected chi connectivity index (χ1v) is 8.64. The lowest BCUT2D eigenvalue weighted by atomic mass is 9.91. The molecule has 0 radical (unpaired) electrons. The fraction of sp³-hybridized carbons (Fsp3) is 0.625. The first kappa shape index (κ1) is 14.7. The van der Waals surface area contributed by atoms with Gasteiger partial charge in [-0.05, 0) is 42.4 Å². The van der Waals surface area contributed by atoms with Crippen molar-refractivity contribution in [3.63, 3.8) is 0 Å². The topological polar surface area (TPSA) is 43.1 Å². The smallest absolute Gasteiger partial charge is 0.0491 e. The molecule has 0 spiro atoms. The van der Waals surface area contributed by atoms with E-state index in [0.29, 0.717) is 17.5 Å². The van der Waals surface area contributed by atoms with Crippen LogP contribution in [-0.2, 0) is 23.1 Å². The van der Waals surface area contributed by atoms with Crippen LogP contribution in [0, 0.1) is 12.8 Å². The summed E-state index contributed by atoms with van der Waals surface area (Å²) in [5, 5.41) is 0.400. The van der Waals surface area contributed by atoms with E-state index in [0.717, 1.165) is 24.3 Å². The summed E-state index contributed by atoms with van der Waals surface area (Å²) in [6, 6.07) is 6.28. The molecule has 0 heterocycles. The van der Waals surface area contributed by atoms with Crippen molar-refractivity contribution in [3.8, 4) is 0 Å². The van der Waals surface area contributed by atoms with Crippen LogP contribution in [0.5, 0.6) is 0 Å². The fourth-order valence-corrected chi connectivity index (χ4v) is 4.77. The highest BCUT2D eigenvalue weighted by Gasteiger charge is 2.24. The van der Waals surface area contributed by atoms with Gasteiger partial charge in [-0.3, -0.25) is 4.21 Å². The maximum absolute atomic E-state index is 12.5. The minimum absolute atomic E-state index is 0.400. The number of nitrogens with two attached hydrogens (primary N) is 1. The minimum atomic E-state index is -0.728. The highest BCUT2D eigenvalue weighted by Crippen LogP contribution is 2.28. The summed E-state index contributed by atoms with van der Waals surface area (Å²) in [4.78, 5) is 0. The van der Waals surface area contributed by atoms with Crippen LogP contribution in [0.25, 0.3) is 0 Å². The Labute approximate surface area is 119 Å². The molecule has 1 aliphatic carbocycles. The van der Waals surface area contributed by atoms with Crippen molar-refractivity contribution in [2.75, 3.05) is 0 Å². The molecule has 0 saturated heterocycles. The van der Waals surface area contributed by atoms with Crippen LogP contribution in [0.2, 0.25) is 0 Å². The zero-order valence-corrected chi connectivity index (χ0v) is 12.8. The number of hydrogen-bond acceptors (Lipinski definition) is 2. The molecular formula is C16H25NOS. The summed E-state index contributed by atoms with van der Waals surface area (Å²) >= 11 is 0. The molecule has 3 atom stereocenters. The van der Waals surface area contributed by atoms with Gasteiger partial charge in [0.05, 0.1) is 0 Å². The molecule has 0 amide bonds. The molecule has 1 aromatic carbocycles. The summed E-state index contributed by atoms with van der Waals surface area (Å²) in [5.41, 5.74) is 9.23. The third kappa shape index (κ3) is 3.90. The second-order valence-corrected chi connectivity index (χ2v) is 7.60. The average molecular weight is 279 g/mol. The lowest BCUT2D eigenvalue weighted by molar-refractivity contribution is 0.389. The molecule has 0 aromatic heterocycles. The van der Waals surface area contributed by atoms with E-state index in [2.05, 4.69) is 32.0 Å². The Bertz CT molecular complexity index is 458. The second-order valence-electron chi connectivity index (χ2n) is 5.88. The Morgan fingerprint density at radius 2 is 2.16 bits per heavy atom. The predicted molar refractivity (Wildman–Crippen MR) is 82.3 cm³/mol. The second kappa shape index (κ2) is 6.67. The van der Waals surface area contributed by atoms with Crippen molar-refractivity contribution in [1.82, 2.24) is 0 Å². The molecule has 1 aliphatic rings. The van der Waals surface area contributed by atoms with Gasteiger partial charge in [0, 0.05) is 28.3 Å². The van der Waals surface area contributed by atoms with Crippen LogP contribution in [0.1, 0.15) is 49.3 Å². The van der Waals surface area contributed by atoms with E-state index < -0.39 is 10.8 Å². The lowest BCUT2D eigenvalue weighted by Crippen LogP contribution is -2.24. The zero-order valence-electron chi connectivity index (χ0n) is 12.0. The van der Waals surface area contributed by atoms with Crippen LogP contribution in [-0.4, -0.2) is 9.46 Å². The highest BCUT2D eigenvalue weighted by atomic mass is 32.2. The molecule has 3 unspecified atom stereocenters. The standard InChI is InChI=1S/C16H25NOS/c1-12-4-3-5-16(8-12)19(18)11-15-7-6-14(10-17)9-13(15)2/h6-7,9,12,16H,3-5,8,10-11,17H2,1-2H3. The van der Waals surface area contributed by atoms with E-state index in [1.165, 1.54) is 24.0 Å². The molecule has 1 aromatic rings. The van der Waals surface area contributed by atoms with Crippen LogP contribution >= 0.6 is 0 Å². The fourth-order valence-electron chi connectivity index (χ4n) is 2.94. The van der Waals surface area contributed by atoms with Crippen LogP contribution in [0.4, 0.5) is 0 Å². The van der Waals surface area contributed by atoms with E-state index >= 15 is 0 Å². The molecule has 0 aliphatic heterocycles. The molecule has 1 fully saturated rings. The summed E-state index contributed by atoms with van der Waals surface area (Å²) in [6.07, 6.45) is 4.81. The number of aryl methyl sites for hydroxylation is 1. The Morgan fingerprint density at radius 3 is 2.79 bits per heavy atom. The Balaban J connectivity index is 2.02. The van der Waals surface area contributed by atoms with Gasteiger partial charge in [-0.15, -0.1) is 0 Å². The Morgan fingerprint density at radius 1 is 1.37 bits per heavy atom. The highest BCUT2D eigenvalue weighted by molar-refractivity contribution is 7.84. The monoisotopic (exact) mass is 279 g/mol. The number of benzene rings is 1. The van der Waals surface area contributed by atoms with E-state index in [4.69, 9.17) is 5.73 Å². The molecule has 106 valence electrons. The maximum atomic E-state index is 12.5. The van der Waals surface area contributed by atoms with Gasteiger partial charge in [-0.25, -0.2) is 0 Å². The molecule has 19 heavy (non-hydrogen) atoms. The van der Waals surface area contributed by atoms with Crippen LogP contribution < -0.4 is 5.73 Å². The van der Waals surface area contributed by atoms with E-state index in [1.807, 2.05) is 0 Å². The first-order valence-electron chi connectivity index (χ1n) is 7.25. The van der Waals surface area contributed by atoms with Gasteiger partial charge < -0.3 is 5.73 Å². The predicted octanol–water partition coefficient (Wildman–Crippen LogP) is 3.28. The zero-order chi connectivity index (χ0) is 13.8. The van der Waals surface area contributed by atoms with Crippen molar-refractivity contribution in [1.29, 1.82) is 0 Å². The van der Waals surface area contributed by atoms with Gasteiger partial charge in [0.1, 0.15) is 0 Å². The lowest BCUT2D eigenvalue weighted by Gasteiger charge is -2.26. The van der Waals surface area contributed by atoms with Crippen molar-refractivity contribution >= 4 is 10.8 Å². The SMILES string of the molecule is Cc1cc(CN)ccc1CS(=O)C1CCCC(C)C1. The molecule has 2 nitrogen and oxygen atoms in total. The van der Waals surface area contributed by atoms with Gasteiger partial charge in [0.15, 0.2) is 0 Å². The quantitative estimate of drug-likeness (QED) is 0.919. The van der Waals surface area contributed by atoms with Crippen molar-refractivity contribution in [3.05, 3.63) is 34.9 Å². The van der Waals surface area contributed by atoms with Gasteiger partial charge >= 0.3 is 0 Å². The Hall–Kier alpha value is -0.670. The van der Waals surface area contributed by atoms with Crippen molar-refractivity contribution < 1.29 is 4.21 Å². The summed E-state index contributed by atoms with van der Waals surface area (Å²) in [5.74, 6) is 1.44. The summed E-state index contributed by atoms with van der Waals surface area (Å²) < 4.78 is 12.5. The molecule has 0 bridgehead atoms. The third-order valence-corrected chi connectivity index (χ3v) is 5.97. The normalized spacial score (nSPS) is 25.2. The Kier molecular flexibility index (Phi) is 5.17. The van der Waals surface area contributed by atoms with Gasteiger partial charge in [-0.2, -0.15) is 0 Å². The van der Waals surface area contributed by atoms with Gasteiger partial charge in [0.2, 0.25) is 0 Å². The van der Waals surface area contributed by atoms with Crippen LogP contribution in [0.3, 0.4) is 0 Å². The largest absolute Gasteiger partial charge is 0.326 e. The van der Waals surface area contributed by atoms with Crippen molar-refractivity contribution in [2.45, 2.75) is 57.1 Å². The molecular weight excluding hydrogens is 254 g/mol. The van der Waals surface area contributed by atoms with E-state index in [-0.39, 0.29) is 0 Å². The van der Waals surface area contributed by atoms with Gasteiger partial charge in [-0.1, -0.05) is 38.0 Å². The first-order chi connectivity index (χ1) is 9.10. The van der Waals surface area contributed by atoms with Crippen LogP contribution in [0.15, 0.2) is 18.2 Å². The molecule has 2 rings (SSSR count). The van der Waals surface area contributed by atoms with E-state index in [9.17, 15) is 4.21 Å². The minimum Gasteiger partial charge on any atom is -0.326 e. The van der Waals surface area contributed by atoms with Crippen molar-refractivity contribution in [2.24, 2.45) is 11.7 Å². The molecule has 3 heteroatoms. The molecule has 1 saturated carbocycles. The number of rotatable bonds is 4. The van der Waals surface area contributed by atoms with E-state index in [1.54, 1.807) is 0 Å². The maximum Gasteiger partial charge on any atom is 0.0491 e. The number of hydrogen-bond donors (Lipinski definition) is 1. The summed E-state index contributed by atoms with van der Waals surface area (Å²) in [7, 11) is -0.728. The van der Waals surface area contributed by atoms with Gasteiger partial charge in [0.25, 0.3) is 0 Å². The molecule has 2 N–H and O–H groups in total.